The summed E-state index contributed by atoms with van der Waals surface area (Å²) in [5, 5.41) is 4.09. The van der Waals surface area contributed by atoms with E-state index in [1.807, 2.05) is 36.4 Å². The summed E-state index contributed by atoms with van der Waals surface area (Å²) in [5.74, 6) is -0.141. The van der Waals surface area contributed by atoms with Crippen molar-refractivity contribution in [3.8, 4) is 0 Å². The van der Waals surface area contributed by atoms with E-state index < -0.39 is 0 Å². The Morgan fingerprint density at radius 1 is 1.25 bits per heavy atom. The van der Waals surface area contributed by atoms with Gasteiger partial charge in [0, 0.05) is 34.2 Å². The lowest BCUT2D eigenvalue weighted by atomic mass is 10.0. The van der Waals surface area contributed by atoms with Crippen LogP contribution >= 0.6 is 11.6 Å². The van der Waals surface area contributed by atoms with Crippen LogP contribution in [0.5, 0.6) is 0 Å². The minimum atomic E-state index is -0.141. The smallest absolute Gasteiger partial charge is 0.248 e. The van der Waals surface area contributed by atoms with E-state index in [1.54, 1.807) is 17.0 Å². The maximum absolute atomic E-state index is 12.5. The van der Waals surface area contributed by atoms with Crippen molar-refractivity contribution in [3.63, 3.8) is 0 Å². The van der Waals surface area contributed by atoms with Crippen LogP contribution in [0.25, 0.3) is 10.4 Å². The number of rotatable bonds is 4. The summed E-state index contributed by atoms with van der Waals surface area (Å²) in [6.07, 6.45) is 0. The molecule has 0 spiro atoms. The highest BCUT2D eigenvalue weighted by atomic mass is 35.5. The zero-order valence-electron chi connectivity index (χ0n) is 12.8. The summed E-state index contributed by atoms with van der Waals surface area (Å²) in [6, 6.07) is 15.0. The number of anilines is 1. The third-order valence-electron chi connectivity index (χ3n) is 3.71. The molecule has 2 aromatic rings. The molecule has 0 bridgehead atoms. The van der Waals surface area contributed by atoms with Gasteiger partial charge in [0.1, 0.15) is 6.54 Å². The number of amides is 1. The first kappa shape index (κ1) is 16.1. The van der Waals surface area contributed by atoms with Crippen LogP contribution in [0.15, 0.2) is 58.6 Å². The second-order valence-corrected chi connectivity index (χ2v) is 5.63. The monoisotopic (exact) mass is 339 g/mol. The molecule has 0 radical (unpaired) electrons. The molecule has 6 nitrogen and oxygen atoms in total. The minimum Gasteiger partial charge on any atom is -0.310 e. The number of azide groups is 1. The van der Waals surface area contributed by atoms with Crippen LogP contribution in [-0.2, 0) is 4.79 Å². The second-order valence-electron chi connectivity index (χ2n) is 5.19. The van der Waals surface area contributed by atoms with Gasteiger partial charge in [0.05, 0.1) is 11.4 Å². The van der Waals surface area contributed by atoms with Crippen molar-refractivity contribution < 1.29 is 4.79 Å². The van der Waals surface area contributed by atoms with Gasteiger partial charge in [0.2, 0.25) is 5.91 Å². The maximum Gasteiger partial charge on any atom is 0.248 e. The topological polar surface area (TPSA) is 81.4 Å². The average molecular weight is 340 g/mol. The highest BCUT2D eigenvalue weighted by molar-refractivity contribution is 6.32. The van der Waals surface area contributed by atoms with Gasteiger partial charge >= 0.3 is 0 Å². The maximum atomic E-state index is 12.5. The molecule has 0 aliphatic carbocycles. The van der Waals surface area contributed by atoms with Gasteiger partial charge in [-0.2, -0.15) is 0 Å². The fourth-order valence-electron chi connectivity index (χ4n) is 2.66. The fraction of sp³-hybridized carbons (Fsp3) is 0.176. The first-order chi connectivity index (χ1) is 11.7. The van der Waals surface area contributed by atoms with Crippen molar-refractivity contribution in [2.75, 3.05) is 24.5 Å². The van der Waals surface area contributed by atoms with E-state index in [4.69, 9.17) is 17.1 Å². The minimum absolute atomic E-state index is 0.0345. The Morgan fingerprint density at radius 3 is 2.79 bits per heavy atom. The molecular weight excluding hydrogens is 326 g/mol. The van der Waals surface area contributed by atoms with Gasteiger partial charge in [0.15, 0.2) is 0 Å². The molecule has 0 unspecified atom stereocenters. The number of benzodiazepines with no additional fused rings is 1. The van der Waals surface area contributed by atoms with Gasteiger partial charge < -0.3 is 4.90 Å². The molecule has 2 aromatic carbocycles. The van der Waals surface area contributed by atoms with E-state index in [0.717, 1.165) is 22.5 Å². The van der Waals surface area contributed by atoms with Crippen molar-refractivity contribution in [1.82, 2.24) is 0 Å². The molecule has 1 aliphatic rings. The summed E-state index contributed by atoms with van der Waals surface area (Å²) in [5.41, 5.74) is 11.6. The Bertz CT molecular complexity index is 843. The normalized spacial score (nSPS) is 13.6. The molecule has 7 heteroatoms. The highest BCUT2D eigenvalue weighted by Crippen LogP contribution is 2.29. The predicted octanol–water partition coefficient (Wildman–Crippen LogP) is 3.83. The standard InChI is InChI=1S/C17H14ClN5O/c18-13-6-7-15-14(10-13)17(12-4-2-1-3-5-12)20-11-16(24)23(15)9-8-21-22-19/h1-7,10H,8-9,11H2. The van der Waals surface area contributed by atoms with Gasteiger partial charge in [0.25, 0.3) is 0 Å². The number of halogens is 1. The van der Waals surface area contributed by atoms with Crippen molar-refractivity contribution in [1.29, 1.82) is 0 Å². The van der Waals surface area contributed by atoms with Crippen molar-refractivity contribution in [2.45, 2.75) is 0 Å². The number of fused-ring (bicyclic) bond motifs is 1. The summed E-state index contributed by atoms with van der Waals surface area (Å²) < 4.78 is 0. The van der Waals surface area contributed by atoms with Crippen LogP contribution in [0.1, 0.15) is 11.1 Å². The van der Waals surface area contributed by atoms with Crippen molar-refractivity contribution in [2.24, 2.45) is 10.1 Å². The summed E-state index contributed by atoms with van der Waals surface area (Å²) in [4.78, 5) is 21.3. The molecule has 1 amide bonds. The van der Waals surface area contributed by atoms with Crippen LogP contribution in [0.4, 0.5) is 5.69 Å². The molecule has 0 fully saturated rings. The second kappa shape index (κ2) is 7.17. The number of carbonyl (C=O) groups is 1. The fourth-order valence-corrected chi connectivity index (χ4v) is 2.83. The Labute approximate surface area is 144 Å². The molecule has 24 heavy (non-hydrogen) atoms. The number of hydrogen-bond acceptors (Lipinski definition) is 3. The van der Waals surface area contributed by atoms with Crippen LogP contribution in [0.2, 0.25) is 5.02 Å². The van der Waals surface area contributed by atoms with E-state index in [9.17, 15) is 4.79 Å². The largest absolute Gasteiger partial charge is 0.310 e. The van der Waals surface area contributed by atoms with Crippen LogP contribution < -0.4 is 4.90 Å². The zero-order chi connectivity index (χ0) is 16.9. The Kier molecular flexibility index (Phi) is 4.79. The Hall–Kier alpha value is -2.82. The Morgan fingerprint density at radius 2 is 2.04 bits per heavy atom. The lowest BCUT2D eigenvalue weighted by Crippen LogP contribution is -2.34. The van der Waals surface area contributed by atoms with Crippen LogP contribution in [0.3, 0.4) is 0 Å². The average Bonchev–Trinajstić information content (AvgIpc) is 2.73. The van der Waals surface area contributed by atoms with E-state index >= 15 is 0 Å². The number of benzene rings is 2. The first-order valence-electron chi connectivity index (χ1n) is 7.41. The Balaban J connectivity index is 2.10. The molecular formula is C17H14ClN5O. The molecule has 0 saturated carbocycles. The molecule has 0 aromatic heterocycles. The van der Waals surface area contributed by atoms with Gasteiger partial charge in [-0.15, -0.1) is 0 Å². The third kappa shape index (κ3) is 3.25. The van der Waals surface area contributed by atoms with E-state index in [-0.39, 0.29) is 19.0 Å². The number of nitrogens with zero attached hydrogens (tertiary/aromatic N) is 5. The molecule has 120 valence electrons. The van der Waals surface area contributed by atoms with Crippen molar-refractivity contribution in [3.05, 3.63) is 75.1 Å². The lowest BCUT2D eigenvalue weighted by molar-refractivity contribution is -0.117. The third-order valence-corrected chi connectivity index (χ3v) is 3.95. The lowest BCUT2D eigenvalue weighted by Gasteiger charge is -2.22. The van der Waals surface area contributed by atoms with Gasteiger partial charge in [-0.25, -0.2) is 0 Å². The molecule has 0 saturated heterocycles. The zero-order valence-corrected chi connectivity index (χ0v) is 13.5. The molecule has 1 heterocycles. The van der Waals surface area contributed by atoms with E-state index in [1.165, 1.54) is 0 Å². The predicted molar refractivity (Wildman–Crippen MR) is 94.8 cm³/mol. The first-order valence-corrected chi connectivity index (χ1v) is 7.79. The van der Waals surface area contributed by atoms with Gasteiger partial charge in [-0.05, 0) is 23.7 Å². The molecule has 1 aliphatic heterocycles. The van der Waals surface area contributed by atoms with Crippen LogP contribution in [0, 0.1) is 0 Å². The SMILES string of the molecule is [N-]=[N+]=NCCN1C(=O)CN=C(c2ccccc2)c2cc(Cl)ccc21. The molecule has 3 rings (SSSR count). The summed E-state index contributed by atoms with van der Waals surface area (Å²) in [6.45, 7) is 0.535. The van der Waals surface area contributed by atoms with Gasteiger partial charge in [-0.1, -0.05) is 47.0 Å². The summed E-state index contributed by atoms with van der Waals surface area (Å²) >= 11 is 6.17. The number of carbonyl (C=O) groups excluding carboxylic acids is 1. The van der Waals surface area contributed by atoms with E-state index in [2.05, 4.69) is 15.0 Å². The van der Waals surface area contributed by atoms with Gasteiger partial charge in [-0.3, -0.25) is 9.79 Å². The van der Waals surface area contributed by atoms with Crippen molar-refractivity contribution >= 4 is 28.9 Å². The number of hydrogen-bond donors (Lipinski definition) is 0. The van der Waals surface area contributed by atoms with Crippen LogP contribution in [-0.4, -0.2) is 31.3 Å². The quantitative estimate of drug-likeness (QED) is 0.473. The molecule has 0 atom stereocenters. The van der Waals surface area contributed by atoms with E-state index in [0.29, 0.717) is 11.6 Å². The molecule has 0 N–H and O–H groups in total. The summed E-state index contributed by atoms with van der Waals surface area (Å²) in [7, 11) is 0. The number of aliphatic imine (C=N–C) groups is 1. The highest BCUT2D eigenvalue weighted by Gasteiger charge is 2.24.